The largest absolute Gasteiger partial charge is 0.464 e. The maximum Gasteiger partial charge on any atom is 0.354 e. The van der Waals surface area contributed by atoms with Crippen LogP contribution in [-0.4, -0.2) is 18.1 Å². The molecule has 0 aliphatic heterocycles. The number of esters is 1. The minimum Gasteiger partial charge on any atom is -0.464 e. The van der Waals surface area contributed by atoms with E-state index in [0.29, 0.717) is 10.9 Å². The first-order valence-electron chi connectivity index (χ1n) is 4.53. The van der Waals surface area contributed by atoms with Crippen molar-refractivity contribution in [2.45, 2.75) is 0 Å². The summed E-state index contributed by atoms with van der Waals surface area (Å²) in [5, 5.41) is 0.503. The highest BCUT2D eigenvalue weighted by Gasteiger charge is 2.13. The lowest BCUT2D eigenvalue weighted by Gasteiger charge is -1.95. The first-order valence-corrected chi connectivity index (χ1v) is 4.53. The summed E-state index contributed by atoms with van der Waals surface area (Å²) >= 11 is 0. The summed E-state index contributed by atoms with van der Waals surface area (Å²) in [4.78, 5) is 13.9. The number of nitrogens with one attached hydrogen (secondary N) is 1. The molecule has 1 aromatic heterocycles. The van der Waals surface area contributed by atoms with E-state index in [1.54, 1.807) is 0 Å². The number of aromatic nitrogens is 1. The van der Waals surface area contributed by atoms with Crippen LogP contribution < -0.4 is 0 Å². The molecule has 0 atom stereocenters. The van der Waals surface area contributed by atoms with Crippen molar-refractivity contribution in [3.05, 3.63) is 35.3 Å². The molecule has 2 rings (SSSR count). The lowest BCUT2D eigenvalue weighted by Crippen LogP contribution is -2.00. The van der Waals surface area contributed by atoms with Crippen LogP contribution in [0.25, 0.3) is 10.9 Å². The maximum atomic E-state index is 13.4. The van der Waals surface area contributed by atoms with E-state index in [0.717, 1.165) is 0 Å². The standard InChI is InChI=1S/C12H8FNO2/c1-3-7-4-5-9(13)11-8(7)6-10(14-11)12(15)16-2/h1,4-6,14H,2H3. The summed E-state index contributed by atoms with van der Waals surface area (Å²) in [6.07, 6.45) is 5.28. The molecule has 0 aliphatic rings. The van der Waals surface area contributed by atoms with Crippen LogP contribution in [0.15, 0.2) is 18.2 Å². The van der Waals surface area contributed by atoms with Gasteiger partial charge in [0.15, 0.2) is 0 Å². The molecule has 3 nitrogen and oxygen atoms in total. The van der Waals surface area contributed by atoms with Gasteiger partial charge in [-0.15, -0.1) is 6.42 Å². The van der Waals surface area contributed by atoms with Crippen molar-refractivity contribution < 1.29 is 13.9 Å². The van der Waals surface area contributed by atoms with Gasteiger partial charge in [0.1, 0.15) is 11.5 Å². The number of rotatable bonds is 1. The molecule has 1 N–H and O–H groups in total. The Morgan fingerprint density at radius 2 is 2.31 bits per heavy atom. The van der Waals surface area contributed by atoms with Gasteiger partial charge in [-0.25, -0.2) is 9.18 Å². The second-order valence-electron chi connectivity index (χ2n) is 3.20. The van der Waals surface area contributed by atoms with Crippen molar-refractivity contribution in [1.82, 2.24) is 4.98 Å². The average Bonchev–Trinajstić information content (AvgIpc) is 2.74. The topological polar surface area (TPSA) is 42.1 Å². The predicted octanol–water partition coefficient (Wildman–Crippen LogP) is 2.07. The summed E-state index contributed by atoms with van der Waals surface area (Å²) in [5.41, 5.74) is 0.928. The molecule has 0 radical (unpaired) electrons. The third-order valence-corrected chi connectivity index (χ3v) is 2.30. The zero-order valence-corrected chi connectivity index (χ0v) is 8.50. The molecular formula is C12H8FNO2. The van der Waals surface area contributed by atoms with Crippen molar-refractivity contribution in [3.8, 4) is 12.3 Å². The number of halogens is 1. The molecule has 0 fully saturated rings. The molecular weight excluding hydrogens is 209 g/mol. The van der Waals surface area contributed by atoms with Crippen LogP contribution in [-0.2, 0) is 4.74 Å². The monoisotopic (exact) mass is 217 g/mol. The number of carbonyl (C=O) groups excluding carboxylic acids is 1. The molecule has 1 heterocycles. The van der Waals surface area contributed by atoms with Crippen LogP contribution >= 0.6 is 0 Å². The number of carbonyl (C=O) groups is 1. The van der Waals surface area contributed by atoms with E-state index in [9.17, 15) is 9.18 Å². The molecule has 80 valence electrons. The lowest BCUT2D eigenvalue weighted by molar-refractivity contribution is 0.0595. The van der Waals surface area contributed by atoms with Crippen molar-refractivity contribution in [3.63, 3.8) is 0 Å². The summed E-state index contributed by atoms with van der Waals surface area (Å²) < 4.78 is 18.0. The highest BCUT2D eigenvalue weighted by atomic mass is 19.1. The van der Waals surface area contributed by atoms with E-state index in [2.05, 4.69) is 15.6 Å². The second-order valence-corrected chi connectivity index (χ2v) is 3.20. The van der Waals surface area contributed by atoms with Gasteiger partial charge in [0.05, 0.1) is 12.6 Å². The Morgan fingerprint density at radius 1 is 1.56 bits per heavy atom. The van der Waals surface area contributed by atoms with Gasteiger partial charge in [-0.05, 0) is 18.2 Å². The maximum absolute atomic E-state index is 13.4. The third kappa shape index (κ3) is 1.43. The normalized spacial score (nSPS) is 10.1. The fourth-order valence-corrected chi connectivity index (χ4v) is 1.53. The van der Waals surface area contributed by atoms with E-state index in [4.69, 9.17) is 6.42 Å². The molecule has 0 saturated heterocycles. The van der Waals surface area contributed by atoms with E-state index in [-0.39, 0.29) is 11.2 Å². The Bertz CT molecular complexity index is 607. The van der Waals surface area contributed by atoms with Crippen LogP contribution in [0.3, 0.4) is 0 Å². The minimum absolute atomic E-state index is 0.180. The van der Waals surface area contributed by atoms with Crippen molar-refractivity contribution in [1.29, 1.82) is 0 Å². The first kappa shape index (κ1) is 10.2. The highest BCUT2D eigenvalue weighted by Crippen LogP contribution is 2.22. The van der Waals surface area contributed by atoms with Crippen molar-refractivity contribution in [2.75, 3.05) is 7.11 Å². The Morgan fingerprint density at radius 3 is 2.94 bits per heavy atom. The van der Waals surface area contributed by atoms with Crippen molar-refractivity contribution in [2.24, 2.45) is 0 Å². The first-order chi connectivity index (χ1) is 7.67. The zero-order chi connectivity index (χ0) is 11.7. The van der Waals surface area contributed by atoms with Gasteiger partial charge < -0.3 is 9.72 Å². The molecule has 4 heteroatoms. The number of methoxy groups -OCH3 is 1. The number of terminal acetylenes is 1. The third-order valence-electron chi connectivity index (χ3n) is 2.30. The SMILES string of the molecule is C#Cc1ccc(F)c2[nH]c(C(=O)OC)cc12. The molecule has 0 unspecified atom stereocenters. The minimum atomic E-state index is -0.557. The Labute approximate surface area is 91.2 Å². The van der Waals surface area contributed by atoms with E-state index in [1.807, 2.05) is 0 Å². The molecule has 16 heavy (non-hydrogen) atoms. The fraction of sp³-hybridized carbons (Fsp3) is 0.0833. The van der Waals surface area contributed by atoms with Gasteiger partial charge in [-0.2, -0.15) is 0 Å². The highest BCUT2D eigenvalue weighted by molar-refractivity contribution is 5.97. The van der Waals surface area contributed by atoms with Gasteiger partial charge in [0, 0.05) is 10.9 Å². The average molecular weight is 217 g/mol. The quantitative estimate of drug-likeness (QED) is 0.587. The fourth-order valence-electron chi connectivity index (χ4n) is 1.53. The number of benzene rings is 1. The van der Waals surface area contributed by atoms with Crippen LogP contribution in [0.4, 0.5) is 4.39 Å². The summed E-state index contributed by atoms with van der Waals surface area (Å²) in [7, 11) is 1.26. The van der Waals surface area contributed by atoms with Gasteiger partial charge in [-0.3, -0.25) is 0 Å². The van der Waals surface area contributed by atoms with Crippen LogP contribution in [0.5, 0.6) is 0 Å². The van der Waals surface area contributed by atoms with Gasteiger partial charge in [0.2, 0.25) is 0 Å². The number of hydrogen-bond acceptors (Lipinski definition) is 2. The van der Waals surface area contributed by atoms with E-state index >= 15 is 0 Å². The molecule has 0 bridgehead atoms. The smallest absolute Gasteiger partial charge is 0.354 e. The second kappa shape index (κ2) is 3.70. The molecule has 0 aliphatic carbocycles. The molecule has 2 aromatic rings. The number of H-pyrrole nitrogens is 1. The van der Waals surface area contributed by atoms with Gasteiger partial charge in [-0.1, -0.05) is 5.92 Å². The lowest BCUT2D eigenvalue weighted by atomic mass is 10.1. The number of aromatic amines is 1. The molecule has 0 spiro atoms. The summed E-state index contributed by atoms with van der Waals surface area (Å²) in [6, 6.07) is 4.24. The number of hydrogen-bond donors (Lipinski definition) is 1. The predicted molar refractivity (Wildman–Crippen MR) is 57.5 cm³/mol. The number of fused-ring (bicyclic) bond motifs is 1. The zero-order valence-electron chi connectivity index (χ0n) is 8.50. The van der Waals surface area contributed by atoms with Crippen LogP contribution in [0, 0.1) is 18.2 Å². The summed E-state index contributed by atoms with van der Waals surface area (Å²) in [5.74, 6) is 1.42. The van der Waals surface area contributed by atoms with Gasteiger partial charge in [0.25, 0.3) is 0 Å². The summed E-state index contributed by atoms with van der Waals surface area (Å²) in [6.45, 7) is 0. The molecule has 0 saturated carbocycles. The Hall–Kier alpha value is -2.28. The molecule has 0 amide bonds. The van der Waals surface area contributed by atoms with Crippen LogP contribution in [0.2, 0.25) is 0 Å². The number of ether oxygens (including phenoxy) is 1. The van der Waals surface area contributed by atoms with E-state index < -0.39 is 11.8 Å². The van der Waals surface area contributed by atoms with Crippen LogP contribution in [0.1, 0.15) is 16.1 Å². The Kier molecular flexibility index (Phi) is 2.37. The molecule has 1 aromatic carbocycles. The van der Waals surface area contributed by atoms with Crippen molar-refractivity contribution >= 4 is 16.9 Å². The van der Waals surface area contributed by atoms with E-state index in [1.165, 1.54) is 25.3 Å². The van der Waals surface area contributed by atoms with Gasteiger partial charge >= 0.3 is 5.97 Å². The Balaban J connectivity index is 2.74.